The minimum absolute atomic E-state index is 0.00211. The molecule has 1 fully saturated rings. The number of hydrogen-bond acceptors (Lipinski definition) is 7. The second-order valence-electron chi connectivity index (χ2n) is 9.04. The van der Waals surface area contributed by atoms with E-state index in [2.05, 4.69) is 36.0 Å². The van der Waals surface area contributed by atoms with Crippen LogP contribution < -0.4 is 15.0 Å². The zero-order chi connectivity index (χ0) is 22.7. The summed E-state index contributed by atoms with van der Waals surface area (Å²) < 4.78 is 11.0. The number of benzene rings is 1. The first-order chi connectivity index (χ1) is 15.3. The summed E-state index contributed by atoms with van der Waals surface area (Å²) in [7, 11) is 0. The van der Waals surface area contributed by atoms with E-state index in [0.29, 0.717) is 29.5 Å². The third-order valence-electron chi connectivity index (χ3n) is 5.66. The highest BCUT2D eigenvalue weighted by molar-refractivity contribution is 7.09. The highest BCUT2D eigenvalue weighted by Crippen LogP contribution is 2.37. The van der Waals surface area contributed by atoms with Crippen molar-refractivity contribution >= 4 is 28.8 Å². The Hall–Kier alpha value is -2.49. The molecule has 2 aliphatic heterocycles. The fraction of sp³-hybridized carbons (Fsp3) is 0.522. The van der Waals surface area contributed by atoms with Crippen LogP contribution in [0, 0.1) is 0 Å². The van der Waals surface area contributed by atoms with Crippen LogP contribution in [-0.4, -0.2) is 67.7 Å². The lowest BCUT2D eigenvalue weighted by Gasteiger charge is -2.31. The Balaban J connectivity index is 1.41. The van der Waals surface area contributed by atoms with Crippen LogP contribution in [0.2, 0.25) is 0 Å². The van der Waals surface area contributed by atoms with Crippen LogP contribution in [0.3, 0.4) is 0 Å². The molecule has 0 saturated carbocycles. The van der Waals surface area contributed by atoms with E-state index in [1.165, 1.54) is 11.3 Å². The molecular formula is C23H30N4O4S. The molecule has 1 N–H and O–H groups in total. The predicted octanol–water partition coefficient (Wildman–Crippen LogP) is 2.43. The zero-order valence-corrected chi connectivity index (χ0v) is 19.7. The van der Waals surface area contributed by atoms with Crippen molar-refractivity contribution in [3.63, 3.8) is 0 Å². The number of hydrogen-bond donors (Lipinski definition) is 1. The number of rotatable bonds is 6. The summed E-state index contributed by atoms with van der Waals surface area (Å²) in [6.45, 7) is 11.3. The van der Waals surface area contributed by atoms with Crippen LogP contribution in [0.15, 0.2) is 23.6 Å². The SMILES string of the molecule is CC(C)(C)c1ccc2c(c1)N(Cc1nc(C(=O)NCCN3CCOCC3)cs1)C(=O)CO2. The Morgan fingerprint density at radius 3 is 2.78 bits per heavy atom. The third kappa shape index (κ3) is 5.28. The Morgan fingerprint density at radius 2 is 2.03 bits per heavy atom. The van der Waals surface area contributed by atoms with Crippen molar-refractivity contribution in [2.24, 2.45) is 0 Å². The number of anilines is 1. The molecule has 2 aromatic rings. The summed E-state index contributed by atoms with van der Waals surface area (Å²) in [6, 6.07) is 5.97. The van der Waals surface area contributed by atoms with Gasteiger partial charge in [-0.3, -0.25) is 19.4 Å². The molecule has 2 aliphatic rings. The Kier molecular flexibility index (Phi) is 6.78. The maximum Gasteiger partial charge on any atom is 0.270 e. The molecule has 9 heteroatoms. The number of fused-ring (bicyclic) bond motifs is 1. The first-order valence-corrected chi connectivity index (χ1v) is 11.8. The maximum atomic E-state index is 12.6. The van der Waals surface area contributed by atoms with Crippen LogP contribution in [-0.2, 0) is 21.5 Å². The number of morpholine rings is 1. The summed E-state index contributed by atoms with van der Waals surface area (Å²) in [5.74, 6) is 0.384. The van der Waals surface area contributed by atoms with Gasteiger partial charge in [0, 0.05) is 31.6 Å². The topological polar surface area (TPSA) is 84.0 Å². The van der Waals surface area contributed by atoms with Gasteiger partial charge in [-0.25, -0.2) is 4.98 Å². The molecule has 2 amide bonds. The number of thiazole rings is 1. The Bertz CT molecular complexity index is 979. The van der Waals surface area contributed by atoms with Gasteiger partial charge in [-0.2, -0.15) is 0 Å². The van der Waals surface area contributed by atoms with Crippen LogP contribution >= 0.6 is 11.3 Å². The molecule has 0 bridgehead atoms. The predicted molar refractivity (Wildman–Crippen MR) is 124 cm³/mol. The van der Waals surface area contributed by atoms with Gasteiger partial charge in [0.05, 0.1) is 25.4 Å². The highest BCUT2D eigenvalue weighted by Gasteiger charge is 2.28. The largest absolute Gasteiger partial charge is 0.482 e. The van der Waals surface area contributed by atoms with Crippen LogP contribution in [0.4, 0.5) is 5.69 Å². The summed E-state index contributed by atoms with van der Waals surface area (Å²) in [5.41, 5.74) is 2.21. The van der Waals surface area contributed by atoms with Gasteiger partial charge in [-0.05, 0) is 23.1 Å². The monoisotopic (exact) mass is 458 g/mol. The van der Waals surface area contributed by atoms with Gasteiger partial charge in [0.1, 0.15) is 16.5 Å². The normalized spacial score (nSPS) is 17.1. The van der Waals surface area contributed by atoms with Crippen molar-refractivity contribution in [2.75, 3.05) is 50.9 Å². The summed E-state index contributed by atoms with van der Waals surface area (Å²) in [5, 5.41) is 5.39. The second kappa shape index (κ2) is 9.56. The van der Waals surface area contributed by atoms with E-state index >= 15 is 0 Å². The molecule has 4 rings (SSSR count). The van der Waals surface area contributed by atoms with Gasteiger partial charge in [0.15, 0.2) is 6.61 Å². The fourth-order valence-corrected chi connectivity index (χ4v) is 4.47. The molecular weight excluding hydrogens is 428 g/mol. The van der Waals surface area contributed by atoms with Crippen LogP contribution in [0.1, 0.15) is 41.8 Å². The minimum Gasteiger partial charge on any atom is -0.482 e. The van der Waals surface area contributed by atoms with Gasteiger partial charge in [-0.1, -0.05) is 26.8 Å². The molecule has 1 saturated heterocycles. The molecule has 8 nitrogen and oxygen atoms in total. The average molecular weight is 459 g/mol. The summed E-state index contributed by atoms with van der Waals surface area (Å²) in [6.07, 6.45) is 0. The molecule has 0 aliphatic carbocycles. The molecule has 0 spiro atoms. The number of carbonyl (C=O) groups is 2. The molecule has 0 unspecified atom stereocenters. The van der Waals surface area contributed by atoms with E-state index in [0.717, 1.165) is 44.1 Å². The van der Waals surface area contributed by atoms with Crippen molar-refractivity contribution in [1.82, 2.24) is 15.2 Å². The van der Waals surface area contributed by atoms with Gasteiger partial charge in [0.25, 0.3) is 11.8 Å². The van der Waals surface area contributed by atoms with Gasteiger partial charge in [0.2, 0.25) is 0 Å². The van der Waals surface area contributed by atoms with Gasteiger partial charge < -0.3 is 14.8 Å². The van der Waals surface area contributed by atoms with Crippen molar-refractivity contribution in [2.45, 2.75) is 32.7 Å². The van der Waals surface area contributed by atoms with Crippen molar-refractivity contribution in [1.29, 1.82) is 0 Å². The van der Waals surface area contributed by atoms with Crippen molar-refractivity contribution in [3.05, 3.63) is 39.8 Å². The second-order valence-corrected chi connectivity index (χ2v) is 9.98. The molecule has 32 heavy (non-hydrogen) atoms. The molecule has 172 valence electrons. The molecule has 0 radical (unpaired) electrons. The highest BCUT2D eigenvalue weighted by atomic mass is 32.1. The number of aromatic nitrogens is 1. The summed E-state index contributed by atoms with van der Waals surface area (Å²) >= 11 is 1.39. The summed E-state index contributed by atoms with van der Waals surface area (Å²) in [4.78, 5) is 33.6. The van der Waals surface area contributed by atoms with E-state index in [1.54, 1.807) is 10.3 Å². The lowest BCUT2D eigenvalue weighted by molar-refractivity contribution is -0.121. The van der Waals surface area contributed by atoms with Crippen LogP contribution in [0.25, 0.3) is 0 Å². The maximum absolute atomic E-state index is 12.6. The lowest BCUT2D eigenvalue weighted by atomic mass is 9.86. The quantitative estimate of drug-likeness (QED) is 0.716. The van der Waals surface area contributed by atoms with E-state index in [9.17, 15) is 9.59 Å². The number of ether oxygens (including phenoxy) is 2. The van der Waals surface area contributed by atoms with E-state index in [4.69, 9.17) is 9.47 Å². The van der Waals surface area contributed by atoms with Gasteiger partial charge >= 0.3 is 0 Å². The Morgan fingerprint density at radius 1 is 1.25 bits per heavy atom. The number of amides is 2. The minimum atomic E-state index is -0.190. The standard InChI is InChI=1S/C23H30N4O4S/c1-23(2,3)16-4-5-19-18(12-16)27(21(28)14-31-19)13-20-25-17(15-32-20)22(29)24-6-7-26-8-10-30-11-9-26/h4-5,12,15H,6-11,13-14H2,1-3H3,(H,24,29). The van der Waals surface area contributed by atoms with Crippen molar-refractivity contribution in [3.8, 4) is 5.75 Å². The van der Waals surface area contributed by atoms with Crippen LogP contribution in [0.5, 0.6) is 5.75 Å². The van der Waals surface area contributed by atoms with E-state index < -0.39 is 0 Å². The van der Waals surface area contributed by atoms with E-state index in [-0.39, 0.29) is 23.8 Å². The molecule has 0 atom stereocenters. The zero-order valence-electron chi connectivity index (χ0n) is 18.8. The van der Waals surface area contributed by atoms with Gasteiger partial charge in [-0.15, -0.1) is 11.3 Å². The first-order valence-electron chi connectivity index (χ1n) is 10.9. The smallest absolute Gasteiger partial charge is 0.270 e. The average Bonchev–Trinajstić information content (AvgIpc) is 3.24. The van der Waals surface area contributed by atoms with E-state index in [1.807, 2.05) is 18.2 Å². The number of nitrogens with zero attached hydrogens (tertiary/aromatic N) is 3. The first kappa shape index (κ1) is 22.7. The number of carbonyl (C=O) groups excluding carboxylic acids is 2. The number of nitrogens with one attached hydrogen (secondary N) is 1. The van der Waals surface area contributed by atoms with Crippen molar-refractivity contribution < 1.29 is 19.1 Å². The molecule has 1 aromatic heterocycles. The molecule has 3 heterocycles. The third-order valence-corrected chi connectivity index (χ3v) is 6.50. The Labute approximate surface area is 192 Å². The molecule has 1 aromatic carbocycles. The fourth-order valence-electron chi connectivity index (χ4n) is 3.71. The lowest BCUT2D eigenvalue weighted by Crippen LogP contribution is -2.41.